The molecule has 0 spiro atoms. The van der Waals surface area contributed by atoms with Crippen LogP contribution < -0.4 is 5.32 Å². The molecule has 1 aliphatic carbocycles. The summed E-state index contributed by atoms with van der Waals surface area (Å²) in [4.78, 5) is 0. The van der Waals surface area contributed by atoms with Crippen molar-refractivity contribution in [3.8, 4) is 0 Å². The monoisotopic (exact) mass is 151 g/mol. The standard InChI is InChI=1S/C9H13NO/c1-6-5-10-7-3-2-4-8(11)9(6)7/h2-4,6-7,9-11H,5H2,1H3. The molecule has 1 fully saturated rings. The van der Waals surface area contributed by atoms with Crippen LogP contribution in [-0.4, -0.2) is 17.7 Å². The van der Waals surface area contributed by atoms with E-state index in [1.54, 1.807) is 6.08 Å². The smallest absolute Gasteiger partial charge is 0.0975 e. The van der Waals surface area contributed by atoms with Crippen molar-refractivity contribution in [2.24, 2.45) is 11.8 Å². The van der Waals surface area contributed by atoms with Crippen molar-refractivity contribution in [3.05, 3.63) is 24.0 Å². The molecule has 0 radical (unpaired) electrons. The van der Waals surface area contributed by atoms with Crippen LogP contribution in [0.4, 0.5) is 0 Å². The van der Waals surface area contributed by atoms with Gasteiger partial charge in [-0.05, 0) is 18.5 Å². The lowest BCUT2D eigenvalue weighted by Gasteiger charge is -2.21. The molecule has 60 valence electrons. The van der Waals surface area contributed by atoms with E-state index in [0.29, 0.717) is 23.6 Å². The minimum absolute atomic E-state index is 0.319. The molecule has 11 heavy (non-hydrogen) atoms. The third kappa shape index (κ3) is 0.979. The first kappa shape index (κ1) is 6.92. The van der Waals surface area contributed by atoms with E-state index < -0.39 is 0 Å². The molecule has 1 aliphatic heterocycles. The molecule has 3 unspecified atom stereocenters. The molecule has 3 atom stereocenters. The summed E-state index contributed by atoms with van der Waals surface area (Å²) in [6, 6.07) is 0.370. The number of rotatable bonds is 0. The molecule has 1 heterocycles. The van der Waals surface area contributed by atoms with Gasteiger partial charge in [-0.25, -0.2) is 0 Å². The van der Waals surface area contributed by atoms with Gasteiger partial charge in [0, 0.05) is 12.0 Å². The summed E-state index contributed by atoms with van der Waals surface area (Å²) >= 11 is 0. The summed E-state index contributed by atoms with van der Waals surface area (Å²) in [5, 5.41) is 12.9. The normalized spacial score (nSPS) is 41.9. The lowest BCUT2D eigenvalue weighted by molar-refractivity contribution is 0.290. The second-order valence-corrected chi connectivity index (χ2v) is 3.41. The highest BCUT2D eigenvalue weighted by atomic mass is 16.3. The zero-order valence-electron chi connectivity index (χ0n) is 6.62. The fraction of sp³-hybridized carbons (Fsp3) is 0.556. The number of allylic oxidation sites excluding steroid dienone is 2. The molecule has 2 nitrogen and oxygen atoms in total. The van der Waals surface area contributed by atoms with Gasteiger partial charge < -0.3 is 10.4 Å². The van der Waals surface area contributed by atoms with Crippen molar-refractivity contribution < 1.29 is 5.11 Å². The van der Waals surface area contributed by atoms with Crippen LogP contribution in [0.25, 0.3) is 0 Å². The Morgan fingerprint density at radius 1 is 1.64 bits per heavy atom. The molecule has 2 aliphatic rings. The van der Waals surface area contributed by atoms with E-state index >= 15 is 0 Å². The Kier molecular flexibility index (Phi) is 1.50. The number of aliphatic hydroxyl groups is 1. The Labute approximate surface area is 66.6 Å². The zero-order valence-corrected chi connectivity index (χ0v) is 6.62. The van der Waals surface area contributed by atoms with E-state index in [1.807, 2.05) is 6.08 Å². The van der Waals surface area contributed by atoms with Crippen LogP contribution in [0.15, 0.2) is 24.0 Å². The molecule has 2 N–H and O–H groups in total. The van der Waals surface area contributed by atoms with Crippen LogP contribution >= 0.6 is 0 Å². The molecule has 0 bridgehead atoms. The number of hydrogen-bond donors (Lipinski definition) is 2. The molecule has 2 rings (SSSR count). The van der Waals surface area contributed by atoms with Gasteiger partial charge in [0.25, 0.3) is 0 Å². The van der Waals surface area contributed by atoms with Gasteiger partial charge in [-0.15, -0.1) is 0 Å². The van der Waals surface area contributed by atoms with E-state index in [1.165, 1.54) is 0 Å². The van der Waals surface area contributed by atoms with E-state index in [4.69, 9.17) is 0 Å². The quantitative estimate of drug-likeness (QED) is 0.545. The van der Waals surface area contributed by atoms with Crippen molar-refractivity contribution in [2.75, 3.05) is 6.54 Å². The lowest BCUT2D eigenvalue weighted by Crippen LogP contribution is -2.27. The highest BCUT2D eigenvalue weighted by Crippen LogP contribution is 2.30. The highest BCUT2D eigenvalue weighted by molar-refractivity contribution is 5.23. The topological polar surface area (TPSA) is 32.3 Å². The Balaban J connectivity index is 2.26. The van der Waals surface area contributed by atoms with Gasteiger partial charge >= 0.3 is 0 Å². The third-order valence-corrected chi connectivity index (χ3v) is 2.60. The van der Waals surface area contributed by atoms with Crippen LogP contribution in [-0.2, 0) is 0 Å². The van der Waals surface area contributed by atoms with Crippen LogP contribution in [0.1, 0.15) is 6.92 Å². The third-order valence-electron chi connectivity index (χ3n) is 2.60. The van der Waals surface area contributed by atoms with Gasteiger partial charge in [-0.2, -0.15) is 0 Å². The lowest BCUT2D eigenvalue weighted by atomic mass is 9.87. The first-order chi connectivity index (χ1) is 5.29. The van der Waals surface area contributed by atoms with E-state index in [0.717, 1.165) is 6.54 Å². The van der Waals surface area contributed by atoms with E-state index in [-0.39, 0.29) is 0 Å². The first-order valence-electron chi connectivity index (χ1n) is 4.10. The highest BCUT2D eigenvalue weighted by Gasteiger charge is 2.35. The molecular weight excluding hydrogens is 138 g/mol. The van der Waals surface area contributed by atoms with Crippen molar-refractivity contribution in [3.63, 3.8) is 0 Å². The molecule has 0 aromatic carbocycles. The maximum atomic E-state index is 9.52. The minimum Gasteiger partial charge on any atom is -0.512 e. The fourth-order valence-corrected chi connectivity index (χ4v) is 1.98. The predicted molar refractivity (Wildman–Crippen MR) is 44.3 cm³/mol. The number of aliphatic hydroxyl groups excluding tert-OH is 1. The summed E-state index contributed by atoms with van der Waals surface area (Å²) in [6.07, 6.45) is 5.83. The van der Waals surface area contributed by atoms with E-state index in [9.17, 15) is 5.11 Å². The Morgan fingerprint density at radius 3 is 3.18 bits per heavy atom. The summed E-state index contributed by atoms with van der Waals surface area (Å²) < 4.78 is 0. The molecule has 0 aromatic rings. The Bertz CT molecular complexity index is 220. The van der Waals surface area contributed by atoms with Crippen molar-refractivity contribution >= 4 is 0 Å². The van der Waals surface area contributed by atoms with E-state index in [2.05, 4.69) is 18.3 Å². The molecule has 2 heteroatoms. The number of hydrogen-bond acceptors (Lipinski definition) is 2. The molecule has 0 saturated carbocycles. The maximum absolute atomic E-state index is 9.52. The Morgan fingerprint density at radius 2 is 2.45 bits per heavy atom. The van der Waals surface area contributed by atoms with Gasteiger partial charge in [0.05, 0.1) is 5.76 Å². The van der Waals surface area contributed by atoms with Crippen LogP contribution in [0.3, 0.4) is 0 Å². The first-order valence-corrected chi connectivity index (χ1v) is 4.10. The largest absolute Gasteiger partial charge is 0.512 e. The van der Waals surface area contributed by atoms with Gasteiger partial charge in [0.1, 0.15) is 0 Å². The number of nitrogens with one attached hydrogen (secondary N) is 1. The van der Waals surface area contributed by atoms with Gasteiger partial charge in [0.15, 0.2) is 0 Å². The van der Waals surface area contributed by atoms with Gasteiger partial charge in [0.2, 0.25) is 0 Å². The summed E-state index contributed by atoms with van der Waals surface area (Å²) in [5.41, 5.74) is 0. The van der Waals surface area contributed by atoms with Crippen molar-refractivity contribution in [2.45, 2.75) is 13.0 Å². The maximum Gasteiger partial charge on any atom is 0.0975 e. The molecule has 0 amide bonds. The van der Waals surface area contributed by atoms with Crippen molar-refractivity contribution in [1.29, 1.82) is 0 Å². The molecule has 1 saturated heterocycles. The summed E-state index contributed by atoms with van der Waals surface area (Å²) in [6.45, 7) is 3.18. The second kappa shape index (κ2) is 2.38. The van der Waals surface area contributed by atoms with Crippen LogP contribution in [0.2, 0.25) is 0 Å². The summed E-state index contributed by atoms with van der Waals surface area (Å²) in [7, 11) is 0. The predicted octanol–water partition coefficient (Wildman–Crippen LogP) is 1.22. The average Bonchev–Trinajstić information content (AvgIpc) is 2.34. The summed E-state index contributed by atoms with van der Waals surface area (Å²) in [5.74, 6) is 1.41. The number of fused-ring (bicyclic) bond motifs is 1. The van der Waals surface area contributed by atoms with Crippen LogP contribution in [0.5, 0.6) is 0 Å². The minimum atomic E-state index is 0.319. The van der Waals surface area contributed by atoms with Crippen molar-refractivity contribution in [1.82, 2.24) is 5.32 Å². The average molecular weight is 151 g/mol. The van der Waals surface area contributed by atoms with Crippen LogP contribution in [0, 0.1) is 11.8 Å². The SMILES string of the molecule is CC1CNC2C=CC=C(O)C12. The van der Waals surface area contributed by atoms with Gasteiger partial charge in [-0.1, -0.05) is 19.1 Å². The molecule has 0 aromatic heterocycles. The fourth-order valence-electron chi connectivity index (χ4n) is 1.98. The Hall–Kier alpha value is -0.760. The second-order valence-electron chi connectivity index (χ2n) is 3.41. The zero-order chi connectivity index (χ0) is 7.84. The van der Waals surface area contributed by atoms with Gasteiger partial charge in [-0.3, -0.25) is 0 Å². The molecular formula is C9H13NO.